The molecular weight excluding hydrogens is 676 g/mol. The number of carbonyl (C=O) groups excluding carboxylic acids is 2. The van der Waals surface area contributed by atoms with Gasteiger partial charge in [-0.2, -0.15) is 0 Å². The highest BCUT2D eigenvalue weighted by molar-refractivity contribution is 7.92. The molecule has 0 spiro atoms. The van der Waals surface area contributed by atoms with Crippen LogP contribution in [-0.2, 0) is 32.6 Å². The van der Waals surface area contributed by atoms with Crippen molar-refractivity contribution in [3.8, 4) is 0 Å². The maximum Gasteiger partial charge on any atom is 0.264 e. The van der Waals surface area contributed by atoms with Crippen molar-refractivity contribution in [2.75, 3.05) is 17.4 Å². The van der Waals surface area contributed by atoms with Gasteiger partial charge in [0.05, 0.1) is 20.6 Å². The molecule has 4 aromatic rings. The summed E-state index contributed by atoms with van der Waals surface area (Å²) in [6, 6.07) is 23.7. The maximum absolute atomic E-state index is 14.4. The minimum Gasteiger partial charge on any atom is -0.355 e. The molecule has 0 radical (unpaired) electrons. The number of hydrogen-bond donors (Lipinski definition) is 1. The van der Waals surface area contributed by atoms with Crippen molar-refractivity contribution in [2.24, 2.45) is 0 Å². The Morgan fingerprint density at radius 1 is 0.822 bits per heavy atom. The number of nitrogens with one attached hydrogen (secondary N) is 1. The van der Waals surface area contributed by atoms with E-state index in [1.54, 1.807) is 37.3 Å². The van der Waals surface area contributed by atoms with Gasteiger partial charge in [-0.25, -0.2) is 8.42 Å². The number of anilines is 1. The highest BCUT2D eigenvalue weighted by atomic mass is 35.5. The fraction of sp³-hybridized carbons (Fsp3) is 0.212. The predicted octanol–water partition coefficient (Wildman–Crippen LogP) is 7.58. The molecule has 0 aliphatic carbocycles. The number of sulfonamides is 1. The molecule has 0 saturated carbocycles. The van der Waals surface area contributed by atoms with Crippen LogP contribution in [0.3, 0.4) is 0 Å². The van der Waals surface area contributed by atoms with E-state index in [0.29, 0.717) is 22.2 Å². The summed E-state index contributed by atoms with van der Waals surface area (Å²) in [6.45, 7) is 3.20. The fourth-order valence-corrected chi connectivity index (χ4v) is 6.85. The van der Waals surface area contributed by atoms with Crippen LogP contribution in [0.25, 0.3) is 0 Å². The van der Waals surface area contributed by atoms with Crippen molar-refractivity contribution >= 4 is 73.9 Å². The number of likely N-dealkylation sites (N-methyl/N-ethyl adjacent to an activating group) is 1. The number of aryl methyl sites for hydroxylation is 1. The molecule has 236 valence electrons. The lowest BCUT2D eigenvalue weighted by molar-refractivity contribution is -0.140. The maximum atomic E-state index is 14.4. The van der Waals surface area contributed by atoms with Crippen molar-refractivity contribution in [3.05, 3.63) is 128 Å². The molecule has 1 atom stereocenters. The van der Waals surface area contributed by atoms with Crippen LogP contribution in [0.4, 0.5) is 5.69 Å². The van der Waals surface area contributed by atoms with Crippen molar-refractivity contribution < 1.29 is 18.0 Å². The van der Waals surface area contributed by atoms with Gasteiger partial charge in [-0.3, -0.25) is 13.9 Å². The number of carbonyl (C=O) groups is 2. The van der Waals surface area contributed by atoms with E-state index in [9.17, 15) is 18.0 Å². The molecule has 1 unspecified atom stereocenters. The second kappa shape index (κ2) is 15.3. The van der Waals surface area contributed by atoms with Gasteiger partial charge < -0.3 is 10.2 Å². The topological polar surface area (TPSA) is 86.8 Å². The normalized spacial score (nSPS) is 12.0. The molecule has 7 nitrogen and oxygen atoms in total. The summed E-state index contributed by atoms with van der Waals surface area (Å²) in [5, 5.41) is 3.85. The highest BCUT2D eigenvalue weighted by Gasteiger charge is 2.35. The molecule has 4 rings (SSSR count). The van der Waals surface area contributed by atoms with Gasteiger partial charge in [0, 0.05) is 29.6 Å². The SMILES string of the molecule is CCNC(=O)C(Cc1ccccc1)N(Cc1ccc(Cl)cc1Cl)C(=O)CN(c1ccc(Cl)c(Cl)c1)S(=O)(=O)c1ccc(C)cc1. The highest BCUT2D eigenvalue weighted by Crippen LogP contribution is 2.31. The molecule has 0 bridgehead atoms. The summed E-state index contributed by atoms with van der Waals surface area (Å²) in [5.41, 5.74) is 2.32. The van der Waals surface area contributed by atoms with Gasteiger partial charge in [0.1, 0.15) is 12.6 Å². The van der Waals surface area contributed by atoms with Crippen molar-refractivity contribution in [1.29, 1.82) is 0 Å². The summed E-state index contributed by atoms with van der Waals surface area (Å²) in [4.78, 5) is 29.4. The zero-order chi connectivity index (χ0) is 32.7. The predicted molar refractivity (Wildman–Crippen MR) is 182 cm³/mol. The summed E-state index contributed by atoms with van der Waals surface area (Å²) in [6.07, 6.45) is 0.168. The third kappa shape index (κ3) is 8.71. The van der Waals surface area contributed by atoms with E-state index in [1.165, 1.54) is 35.2 Å². The molecular formula is C33H31Cl4N3O4S. The summed E-state index contributed by atoms with van der Waals surface area (Å²) < 4.78 is 29.2. The van der Waals surface area contributed by atoms with Gasteiger partial charge in [0.2, 0.25) is 11.8 Å². The molecule has 0 aromatic heterocycles. The third-order valence-corrected chi connectivity index (χ3v) is 10.2. The number of nitrogens with zero attached hydrogens (tertiary/aromatic N) is 2. The van der Waals surface area contributed by atoms with Crippen LogP contribution in [0.1, 0.15) is 23.6 Å². The molecule has 0 aliphatic heterocycles. The minimum atomic E-state index is -4.29. The lowest BCUT2D eigenvalue weighted by Gasteiger charge is -2.34. The third-order valence-electron chi connectivity index (χ3n) is 7.06. The smallest absolute Gasteiger partial charge is 0.264 e. The van der Waals surface area contributed by atoms with Gasteiger partial charge in [-0.15, -0.1) is 0 Å². The summed E-state index contributed by atoms with van der Waals surface area (Å²) in [5.74, 6) is -1.04. The number of benzene rings is 4. The lowest BCUT2D eigenvalue weighted by Crippen LogP contribution is -2.53. The van der Waals surface area contributed by atoms with Crippen molar-refractivity contribution in [3.63, 3.8) is 0 Å². The van der Waals surface area contributed by atoms with Crippen LogP contribution in [0, 0.1) is 6.92 Å². The van der Waals surface area contributed by atoms with E-state index in [0.717, 1.165) is 15.4 Å². The van der Waals surface area contributed by atoms with E-state index >= 15 is 0 Å². The molecule has 12 heteroatoms. The Kier molecular flexibility index (Phi) is 11.8. The molecule has 2 amide bonds. The fourth-order valence-electron chi connectivity index (χ4n) is 4.69. The molecule has 0 aliphatic rings. The minimum absolute atomic E-state index is 0.0242. The molecule has 0 heterocycles. The molecule has 0 fully saturated rings. The second-order valence-corrected chi connectivity index (χ2v) is 13.8. The quantitative estimate of drug-likeness (QED) is 0.165. The average molecular weight is 708 g/mol. The summed E-state index contributed by atoms with van der Waals surface area (Å²) in [7, 11) is -4.29. The molecule has 0 saturated heterocycles. The van der Waals surface area contributed by atoms with Gasteiger partial charge in [-0.1, -0.05) is 100 Å². The Balaban J connectivity index is 1.83. The van der Waals surface area contributed by atoms with E-state index in [4.69, 9.17) is 46.4 Å². The molecule has 45 heavy (non-hydrogen) atoms. The van der Waals surface area contributed by atoms with Crippen LogP contribution >= 0.6 is 46.4 Å². The first-order valence-corrected chi connectivity index (χ1v) is 17.0. The van der Waals surface area contributed by atoms with Crippen LogP contribution in [0.5, 0.6) is 0 Å². The number of hydrogen-bond acceptors (Lipinski definition) is 4. The largest absolute Gasteiger partial charge is 0.355 e. The Bertz CT molecular complexity index is 1770. The van der Waals surface area contributed by atoms with Gasteiger partial charge in [0.15, 0.2) is 0 Å². The Hall–Kier alpha value is -3.27. The van der Waals surface area contributed by atoms with Gasteiger partial charge in [-0.05, 0) is 67.4 Å². The van der Waals surface area contributed by atoms with E-state index in [-0.39, 0.29) is 33.6 Å². The standard InChI is InChI=1S/C33H31Cl4N3O4S/c1-3-38-33(42)31(17-23-7-5-4-6-8-23)39(20-24-11-12-25(34)18-29(24)36)32(41)21-40(26-13-16-28(35)30(37)19-26)45(43,44)27-14-9-22(2)10-15-27/h4-16,18-19,31H,3,17,20-21H2,1-2H3,(H,38,42). The van der Waals surface area contributed by atoms with Gasteiger partial charge in [0.25, 0.3) is 10.0 Å². The van der Waals surface area contributed by atoms with E-state index in [2.05, 4.69) is 5.32 Å². The second-order valence-electron chi connectivity index (χ2n) is 10.3. The zero-order valence-corrected chi connectivity index (χ0v) is 28.4. The van der Waals surface area contributed by atoms with Crippen molar-refractivity contribution in [1.82, 2.24) is 10.2 Å². The van der Waals surface area contributed by atoms with Crippen LogP contribution < -0.4 is 9.62 Å². The van der Waals surface area contributed by atoms with Gasteiger partial charge >= 0.3 is 0 Å². The Labute approximate surface area is 283 Å². The molecule has 4 aromatic carbocycles. The number of amides is 2. The first kappa shape index (κ1) is 34.6. The monoisotopic (exact) mass is 705 g/mol. The van der Waals surface area contributed by atoms with E-state index < -0.39 is 34.4 Å². The molecule has 1 N–H and O–H groups in total. The average Bonchev–Trinajstić information content (AvgIpc) is 3.00. The first-order valence-electron chi connectivity index (χ1n) is 14.0. The van der Waals surface area contributed by atoms with Crippen LogP contribution in [0.2, 0.25) is 20.1 Å². The summed E-state index contributed by atoms with van der Waals surface area (Å²) >= 11 is 25.1. The number of rotatable bonds is 12. The van der Waals surface area contributed by atoms with Crippen LogP contribution in [-0.4, -0.2) is 44.3 Å². The number of halogens is 4. The first-order chi connectivity index (χ1) is 21.4. The van der Waals surface area contributed by atoms with Crippen LogP contribution in [0.15, 0.2) is 95.9 Å². The lowest BCUT2D eigenvalue weighted by atomic mass is 10.0. The zero-order valence-electron chi connectivity index (χ0n) is 24.5. The van der Waals surface area contributed by atoms with E-state index in [1.807, 2.05) is 37.3 Å². The Morgan fingerprint density at radius 3 is 2.13 bits per heavy atom. The Morgan fingerprint density at radius 2 is 1.51 bits per heavy atom. The van der Waals surface area contributed by atoms with Crippen molar-refractivity contribution in [2.45, 2.75) is 37.8 Å².